The zero-order valence-electron chi connectivity index (χ0n) is 21.2. The van der Waals surface area contributed by atoms with Crippen molar-refractivity contribution in [2.75, 3.05) is 38.5 Å². The van der Waals surface area contributed by atoms with Crippen LogP contribution in [-0.2, 0) is 6.54 Å². The van der Waals surface area contributed by atoms with E-state index in [1.165, 1.54) is 4.31 Å². The summed E-state index contributed by atoms with van der Waals surface area (Å²) in [5.41, 5.74) is 1.74. The van der Waals surface area contributed by atoms with Crippen LogP contribution in [0.4, 0.5) is 16.6 Å². The van der Waals surface area contributed by atoms with Crippen LogP contribution >= 0.6 is 12.8 Å². The molecule has 192 valence electrons. The molecule has 1 aliphatic carbocycles. The maximum Gasteiger partial charge on any atom is 0.327 e. The minimum absolute atomic E-state index is 0.0901. The molecule has 4 rings (SSSR count). The fourth-order valence-electron chi connectivity index (χ4n) is 4.59. The quantitative estimate of drug-likeness (QED) is 0.385. The molecule has 2 amide bonds. The number of carbonyl (C=O) groups excluding carboxylic acids is 1. The lowest BCUT2D eigenvalue weighted by Crippen LogP contribution is -2.44. The molecule has 0 bridgehead atoms. The predicted molar refractivity (Wildman–Crippen MR) is 146 cm³/mol. The highest BCUT2D eigenvalue weighted by Gasteiger charge is 2.25. The van der Waals surface area contributed by atoms with Gasteiger partial charge in [0, 0.05) is 37.1 Å². The van der Waals surface area contributed by atoms with E-state index in [4.69, 9.17) is 19.4 Å². The van der Waals surface area contributed by atoms with Crippen LogP contribution in [0.2, 0.25) is 0 Å². The van der Waals surface area contributed by atoms with E-state index >= 15 is 0 Å². The highest BCUT2D eigenvalue weighted by Crippen LogP contribution is 2.32. The van der Waals surface area contributed by atoms with Gasteiger partial charge in [0.15, 0.2) is 11.5 Å². The first-order valence-electron chi connectivity index (χ1n) is 12.1. The Balaban J connectivity index is 1.31. The Bertz CT molecular complexity index is 1200. The number of para-hydroxylation sites is 2. The van der Waals surface area contributed by atoms with Gasteiger partial charge in [-0.1, -0.05) is 37.1 Å². The zero-order valence-corrected chi connectivity index (χ0v) is 22.1. The number of aromatic nitrogens is 2. The second-order valence-corrected chi connectivity index (χ2v) is 9.62. The van der Waals surface area contributed by atoms with Crippen LogP contribution in [0.25, 0.3) is 10.9 Å². The summed E-state index contributed by atoms with van der Waals surface area (Å²) in [6, 6.07) is 13.7. The molecule has 9 nitrogen and oxygen atoms in total. The summed E-state index contributed by atoms with van der Waals surface area (Å²) in [5.74, 6) is 2.76. The van der Waals surface area contributed by atoms with Gasteiger partial charge in [-0.05, 0) is 43.9 Å². The molecule has 0 unspecified atom stereocenters. The third-order valence-corrected chi connectivity index (χ3v) is 6.76. The summed E-state index contributed by atoms with van der Waals surface area (Å²) in [6.07, 6.45) is 3.55. The number of hydrogen-bond acceptors (Lipinski definition) is 8. The minimum atomic E-state index is -0.229. The molecule has 0 aliphatic heterocycles. The SMILES string of the molecule is COc1cccc(CN(S)C(=O)NC2CCC(Nc3nc(N(C)C)c4ccccc4n3)CC2)c1OC. The zero-order chi connectivity index (χ0) is 25.7. The second-order valence-electron chi connectivity index (χ2n) is 9.14. The lowest BCUT2D eigenvalue weighted by atomic mass is 9.91. The summed E-state index contributed by atoms with van der Waals surface area (Å²) in [6.45, 7) is 0.291. The van der Waals surface area contributed by atoms with Crippen LogP contribution in [0.5, 0.6) is 11.5 Å². The normalized spacial score (nSPS) is 17.4. The van der Waals surface area contributed by atoms with Gasteiger partial charge < -0.3 is 25.0 Å². The van der Waals surface area contributed by atoms with E-state index in [1.807, 2.05) is 61.5 Å². The highest BCUT2D eigenvalue weighted by atomic mass is 32.1. The van der Waals surface area contributed by atoms with Crippen molar-refractivity contribution in [2.24, 2.45) is 0 Å². The Morgan fingerprint density at radius 1 is 1.00 bits per heavy atom. The topological polar surface area (TPSA) is 91.9 Å². The fraction of sp³-hybridized carbons (Fsp3) is 0.423. The maximum atomic E-state index is 12.8. The molecular formula is C26H34N6O3S. The molecule has 1 aromatic heterocycles. The second kappa shape index (κ2) is 11.6. The summed E-state index contributed by atoms with van der Waals surface area (Å²) in [5, 5.41) is 7.65. The predicted octanol–water partition coefficient (Wildman–Crippen LogP) is 4.49. The molecule has 0 spiro atoms. The lowest BCUT2D eigenvalue weighted by Gasteiger charge is -2.31. The van der Waals surface area contributed by atoms with Gasteiger partial charge >= 0.3 is 6.03 Å². The molecule has 10 heteroatoms. The Labute approximate surface area is 217 Å². The number of carbonyl (C=O) groups is 1. The van der Waals surface area contributed by atoms with Crippen LogP contribution in [0.15, 0.2) is 42.5 Å². The van der Waals surface area contributed by atoms with Gasteiger partial charge in [0.25, 0.3) is 0 Å². The number of ether oxygens (including phenoxy) is 2. The molecule has 1 heterocycles. The van der Waals surface area contributed by atoms with Gasteiger partial charge in [-0.3, -0.25) is 4.31 Å². The Morgan fingerprint density at radius 2 is 1.72 bits per heavy atom. The van der Waals surface area contributed by atoms with Crippen LogP contribution in [-0.4, -0.2) is 60.7 Å². The first kappa shape index (κ1) is 25.7. The molecule has 0 radical (unpaired) electrons. The van der Waals surface area contributed by atoms with Gasteiger partial charge in [0.05, 0.1) is 26.3 Å². The standard InChI is InChI=1S/C26H34N6O3S/c1-31(2)24-20-9-5-6-10-21(20)29-25(30-24)27-18-12-14-19(15-13-18)28-26(33)32(36)16-17-8-7-11-22(34-3)23(17)35-4/h5-11,18-19,36H,12-16H2,1-4H3,(H,28,33)(H,27,29,30). The molecule has 36 heavy (non-hydrogen) atoms. The number of hydrogen-bond donors (Lipinski definition) is 3. The Kier molecular flexibility index (Phi) is 8.25. The average Bonchev–Trinajstić information content (AvgIpc) is 2.89. The first-order chi connectivity index (χ1) is 17.4. The fourth-order valence-corrected chi connectivity index (χ4v) is 4.80. The Morgan fingerprint density at radius 3 is 2.42 bits per heavy atom. The molecule has 2 aromatic carbocycles. The molecule has 3 aromatic rings. The molecular weight excluding hydrogens is 476 g/mol. The van der Waals surface area contributed by atoms with Crippen molar-refractivity contribution in [3.05, 3.63) is 48.0 Å². The number of benzene rings is 2. The number of amides is 2. The molecule has 0 saturated heterocycles. The third kappa shape index (κ3) is 5.87. The third-order valence-electron chi connectivity index (χ3n) is 6.43. The van der Waals surface area contributed by atoms with E-state index in [-0.39, 0.29) is 18.1 Å². The smallest absolute Gasteiger partial charge is 0.327 e. The molecule has 1 fully saturated rings. The largest absolute Gasteiger partial charge is 0.493 e. The maximum absolute atomic E-state index is 12.8. The van der Waals surface area contributed by atoms with Crippen molar-refractivity contribution in [1.29, 1.82) is 0 Å². The van der Waals surface area contributed by atoms with Gasteiger partial charge in [-0.25, -0.2) is 9.78 Å². The van der Waals surface area contributed by atoms with E-state index in [9.17, 15) is 4.79 Å². The Hall–Kier alpha value is -3.40. The van der Waals surface area contributed by atoms with Crippen LogP contribution in [0, 0.1) is 0 Å². The minimum Gasteiger partial charge on any atom is -0.493 e. The first-order valence-corrected chi connectivity index (χ1v) is 12.5. The van der Waals surface area contributed by atoms with E-state index in [2.05, 4.69) is 23.4 Å². The van der Waals surface area contributed by atoms with Gasteiger partial charge in [-0.15, -0.1) is 0 Å². The van der Waals surface area contributed by atoms with E-state index in [1.54, 1.807) is 14.2 Å². The van der Waals surface area contributed by atoms with Crippen LogP contribution in [0.1, 0.15) is 31.2 Å². The number of fused-ring (bicyclic) bond motifs is 1. The van der Waals surface area contributed by atoms with Crippen molar-refractivity contribution >= 4 is 41.5 Å². The number of thiol groups is 1. The van der Waals surface area contributed by atoms with Gasteiger partial charge in [0.1, 0.15) is 5.82 Å². The molecule has 1 aliphatic rings. The van der Waals surface area contributed by atoms with Crippen molar-refractivity contribution in [2.45, 2.75) is 44.3 Å². The number of methoxy groups -OCH3 is 2. The number of nitrogens with zero attached hydrogens (tertiary/aromatic N) is 4. The molecule has 1 saturated carbocycles. The molecule has 2 N–H and O–H groups in total. The monoisotopic (exact) mass is 510 g/mol. The number of anilines is 2. The van der Waals surface area contributed by atoms with Gasteiger partial charge in [0.2, 0.25) is 5.95 Å². The molecule has 0 atom stereocenters. The number of urea groups is 1. The van der Waals surface area contributed by atoms with Crippen LogP contribution < -0.4 is 25.0 Å². The van der Waals surface area contributed by atoms with Crippen molar-refractivity contribution in [1.82, 2.24) is 19.6 Å². The van der Waals surface area contributed by atoms with E-state index in [0.717, 1.165) is 48.0 Å². The number of nitrogens with one attached hydrogen (secondary N) is 2. The van der Waals surface area contributed by atoms with E-state index in [0.29, 0.717) is 24.0 Å². The summed E-state index contributed by atoms with van der Waals surface area (Å²) in [4.78, 5) is 24.3. The van der Waals surface area contributed by atoms with Crippen molar-refractivity contribution in [3.8, 4) is 11.5 Å². The summed E-state index contributed by atoms with van der Waals surface area (Å²) >= 11 is 4.42. The summed E-state index contributed by atoms with van der Waals surface area (Å²) in [7, 11) is 7.15. The van der Waals surface area contributed by atoms with Crippen LogP contribution in [0.3, 0.4) is 0 Å². The summed E-state index contributed by atoms with van der Waals surface area (Å²) < 4.78 is 12.2. The average molecular weight is 511 g/mol. The highest BCUT2D eigenvalue weighted by molar-refractivity contribution is 7.78. The van der Waals surface area contributed by atoms with Crippen molar-refractivity contribution in [3.63, 3.8) is 0 Å². The van der Waals surface area contributed by atoms with E-state index < -0.39 is 0 Å². The van der Waals surface area contributed by atoms with Crippen molar-refractivity contribution < 1.29 is 14.3 Å². The van der Waals surface area contributed by atoms with Gasteiger partial charge in [-0.2, -0.15) is 4.98 Å². The lowest BCUT2D eigenvalue weighted by molar-refractivity contribution is 0.215. The number of rotatable bonds is 8.